The molecule has 1 aliphatic rings. The molecule has 1 saturated heterocycles. The molecule has 4 rings (SSSR count). The van der Waals surface area contributed by atoms with E-state index in [1.54, 1.807) is 31.2 Å². The molecule has 1 atom stereocenters. The predicted octanol–water partition coefficient (Wildman–Crippen LogP) is 4.96. The van der Waals surface area contributed by atoms with Gasteiger partial charge in [-0.15, -0.1) is 0 Å². The topological polar surface area (TPSA) is 106 Å². The van der Waals surface area contributed by atoms with Gasteiger partial charge in [-0.05, 0) is 61.9 Å². The van der Waals surface area contributed by atoms with Crippen molar-refractivity contribution in [2.45, 2.75) is 19.9 Å². The minimum Gasteiger partial charge on any atom is -0.507 e. The van der Waals surface area contributed by atoms with Crippen molar-refractivity contribution in [1.29, 1.82) is 0 Å². The summed E-state index contributed by atoms with van der Waals surface area (Å²) in [5.74, 6) is -2.54. The van der Waals surface area contributed by atoms with E-state index in [2.05, 4.69) is 0 Å². The summed E-state index contributed by atoms with van der Waals surface area (Å²) in [5.41, 5.74) is 0.356. The molecule has 1 heterocycles. The molecule has 3 aromatic carbocycles. The number of ether oxygens (including phenoxy) is 3. The minimum absolute atomic E-state index is 0.0858. The van der Waals surface area contributed by atoms with Crippen LogP contribution < -0.4 is 19.1 Å². The third kappa shape index (κ3) is 4.80. The molecule has 0 spiro atoms. The Hall–Kier alpha value is -4.53. The van der Waals surface area contributed by atoms with Crippen LogP contribution in [0.2, 0.25) is 0 Å². The maximum Gasteiger partial charge on any atom is 0.300 e. The Balaban J connectivity index is 1.99. The van der Waals surface area contributed by atoms with Gasteiger partial charge in [-0.2, -0.15) is 0 Å². The molecular formula is C28H26FNO7. The van der Waals surface area contributed by atoms with Crippen LogP contribution in [0.5, 0.6) is 23.0 Å². The molecule has 9 heteroatoms. The highest BCUT2D eigenvalue weighted by Crippen LogP contribution is 2.45. The fraction of sp³-hybridized carbons (Fsp3) is 0.214. The number of hydrogen-bond acceptors (Lipinski definition) is 7. The Labute approximate surface area is 213 Å². The monoisotopic (exact) mass is 507 g/mol. The number of nitrogens with zero attached hydrogens (tertiary/aromatic N) is 1. The Kier molecular flexibility index (Phi) is 7.33. The molecule has 0 bridgehead atoms. The Morgan fingerprint density at radius 1 is 0.973 bits per heavy atom. The lowest BCUT2D eigenvalue weighted by atomic mass is 9.94. The van der Waals surface area contributed by atoms with E-state index in [1.165, 1.54) is 36.3 Å². The van der Waals surface area contributed by atoms with E-state index in [1.807, 2.05) is 6.92 Å². The van der Waals surface area contributed by atoms with E-state index in [0.717, 1.165) is 12.1 Å². The number of hydrogen-bond donors (Lipinski definition) is 2. The number of anilines is 1. The minimum atomic E-state index is -1.13. The highest BCUT2D eigenvalue weighted by molar-refractivity contribution is 6.51. The van der Waals surface area contributed by atoms with Gasteiger partial charge in [0.15, 0.2) is 11.5 Å². The maximum absolute atomic E-state index is 14.2. The summed E-state index contributed by atoms with van der Waals surface area (Å²) in [6.45, 7) is 4.21. The standard InChI is InChI=1S/C28H26FNO7/c1-4-36-19-8-6-7-18(15-19)30-25(16-9-11-21(31)23(13-16)37-5-2)24(27(33)28(30)34)26(32)20-14-17(29)10-12-22(20)35-3/h6-15,25,31-32H,4-5H2,1-3H3/b26-24+. The molecule has 0 aromatic heterocycles. The van der Waals surface area contributed by atoms with Crippen LogP contribution in [0.15, 0.2) is 66.2 Å². The van der Waals surface area contributed by atoms with E-state index < -0.39 is 29.3 Å². The van der Waals surface area contributed by atoms with E-state index >= 15 is 0 Å². The second-order valence-corrected chi connectivity index (χ2v) is 8.10. The normalized spacial score (nSPS) is 16.6. The number of amides is 1. The lowest BCUT2D eigenvalue weighted by Crippen LogP contribution is -2.29. The van der Waals surface area contributed by atoms with Crippen LogP contribution in [-0.2, 0) is 9.59 Å². The summed E-state index contributed by atoms with van der Waals surface area (Å²) in [6, 6.07) is 13.4. The molecule has 3 aromatic rings. The van der Waals surface area contributed by atoms with Crippen molar-refractivity contribution >= 4 is 23.1 Å². The first kappa shape index (κ1) is 25.6. The largest absolute Gasteiger partial charge is 0.507 e. The highest BCUT2D eigenvalue weighted by atomic mass is 19.1. The van der Waals surface area contributed by atoms with Crippen molar-refractivity contribution in [3.8, 4) is 23.0 Å². The molecular weight excluding hydrogens is 481 g/mol. The lowest BCUT2D eigenvalue weighted by Gasteiger charge is -2.26. The van der Waals surface area contributed by atoms with E-state index in [4.69, 9.17) is 14.2 Å². The number of ketones is 1. The zero-order valence-corrected chi connectivity index (χ0v) is 20.5. The van der Waals surface area contributed by atoms with Crippen LogP contribution in [0.25, 0.3) is 5.76 Å². The quantitative estimate of drug-likeness (QED) is 0.252. The molecule has 37 heavy (non-hydrogen) atoms. The van der Waals surface area contributed by atoms with Crippen molar-refractivity contribution in [3.05, 3.63) is 83.2 Å². The second kappa shape index (κ2) is 10.6. The van der Waals surface area contributed by atoms with Gasteiger partial charge in [-0.25, -0.2) is 4.39 Å². The van der Waals surface area contributed by atoms with Gasteiger partial charge in [-0.3, -0.25) is 14.5 Å². The number of aliphatic hydroxyl groups is 1. The van der Waals surface area contributed by atoms with Crippen molar-refractivity contribution in [3.63, 3.8) is 0 Å². The van der Waals surface area contributed by atoms with Crippen molar-refractivity contribution in [2.24, 2.45) is 0 Å². The first-order valence-corrected chi connectivity index (χ1v) is 11.6. The smallest absolute Gasteiger partial charge is 0.300 e. The van der Waals surface area contributed by atoms with Gasteiger partial charge in [0.05, 0.1) is 37.5 Å². The van der Waals surface area contributed by atoms with E-state index in [-0.39, 0.29) is 35.0 Å². The number of rotatable bonds is 8. The number of phenols is 1. The summed E-state index contributed by atoms with van der Waals surface area (Å²) >= 11 is 0. The third-order valence-electron chi connectivity index (χ3n) is 5.87. The predicted molar refractivity (Wildman–Crippen MR) is 135 cm³/mol. The fourth-order valence-corrected chi connectivity index (χ4v) is 4.29. The molecule has 0 saturated carbocycles. The molecule has 1 aliphatic heterocycles. The van der Waals surface area contributed by atoms with Gasteiger partial charge < -0.3 is 24.4 Å². The zero-order chi connectivity index (χ0) is 26.7. The Bertz CT molecular complexity index is 1380. The van der Waals surface area contributed by atoms with Gasteiger partial charge in [0.2, 0.25) is 0 Å². The highest BCUT2D eigenvalue weighted by Gasteiger charge is 2.47. The number of phenolic OH excluding ortho intramolecular Hbond substituents is 1. The molecule has 2 N–H and O–H groups in total. The molecule has 1 amide bonds. The number of aliphatic hydroxyl groups excluding tert-OH is 1. The molecule has 8 nitrogen and oxygen atoms in total. The number of benzene rings is 3. The van der Waals surface area contributed by atoms with Gasteiger partial charge in [0.25, 0.3) is 11.7 Å². The lowest BCUT2D eigenvalue weighted by molar-refractivity contribution is -0.132. The van der Waals surface area contributed by atoms with Crippen LogP contribution in [0.1, 0.15) is 31.0 Å². The molecule has 192 valence electrons. The fourth-order valence-electron chi connectivity index (χ4n) is 4.29. The molecule has 1 unspecified atom stereocenters. The van der Waals surface area contributed by atoms with Gasteiger partial charge in [0, 0.05) is 11.8 Å². The molecule has 0 aliphatic carbocycles. The summed E-state index contributed by atoms with van der Waals surface area (Å²) in [4.78, 5) is 28.0. The first-order valence-electron chi connectivity index (χ1n) is 11.6. The van der Waals surface area contributed by atoms with Crippen molar-refractivity contribution < 1.29 is 38.4 Å². The van der Waals surface area contributed by atoms with Gasteiger partial charge in [0.1, 0.15) is 23.1 Å². The number of Topliss-reactive ketones (excluding diaryl/α,β-unsaturated/α-hetero) is 1. The molecule has 1 fully saturated rings. The SMILES string of the molecule is CCOc1cccc(N2C(=O)C(=O)/C(=C(/O)c3cc(F)ccc3OC)C2c2ccc(O)c(OCC)c2)c1. The van der Waals surface area contributed by atoms with E-state index in [9.17, 15) is 24.2 Å². The summed E-state index contributed by atoms with van der Waals surface area (Å²) in [7, 11) is 1.34. The number of methoxy groups -OCH3 is 1. The number of carbonyl (C=O) groups is 2. The van der Waals surface area contributed by atoms with E-state index in [0.29, 0.717) is 23.6 Å². The average molecular weight is 508 g/mol. The van der Waals surface area contributed by atoms with Gasteiger partial charge in [-0.1, -0.05) is 12.1 Å². The number of carbonyl (C=O) groups excluding carboxylic acids is 2. The maximum atomic E-state index is 14.2. The number of aromatic hydroxyl groups is 1. The van der Waals surface area contributed by atoms with Crippen molar-refractivity contribution in [2.75, 3.05) is 25.2 Å². The number of halogens is 1. The van der Waals surface area contributed by atoms with Crippen LogP contribution in [0.4, 0.5) is 10.1 Å². The zero-order valence-electron chi connectivity index (χ0n) is 20.5. The summed E-state index contributed by atoms with van der Waals surface area (Å²) in [5, 5.41) is 21.6. The Morgan fingerprint density at radius 2 is 1.73 bits per heavy atom. The first-order chi connectivity index (χ1) is 17.8. The summed E-state index contributed by atoms with van der Waals surface area (Å²) in [6.07, 6.45) is 0. The second-order valence-electron chi connectivity index (χ2n) is 8.10. The Morgan fingerprint density at radius 3 is 2.43 bits per heavy atom. The van der Waals surface area contributed by atoms with Gasteiger partial charge >= 0.3 is 0 Å². The van der Waals surface area contributed by atoms with Crippen LogP contribution in [-0.4, -0.2) is 42.2 Å². The average Bonchev–Trinajstić information content (AvgIpc) is 3.15. The van der Waals surface area contributed by atoms with Crippen LogP contribution in [0.3, 0.4) is 0 Å². The van der Waals surface area contributed by atoms with Crippen LogP contribution >= 0.6 is 0 Å². The molecule has 0 radical (unpaired) electrons. The van der Waals surface area contributed by atoms with Crippen molar-refractivity contribution in [1.82, 2.24) is 0 Å². The summed E-state index contributed by atoms with van der Waals surface area (Å²) < 4.78 is 30.5. The third-order valence-corrected chi connectivity index (χ3v) is 5.87. The van der Waals surface area contributed by atoms with Crippen LogP contribution in [0, 0.1) is 5.82 Å².